The summed E-state index contributed by atoms with van der Waals surface area (Å²) in [5.74, 6) is 0.260. The van der Waals surface area contributed by atoms with E-state index in [0.717, 1.165) is 0 Å². The quantitative estimate of drug-likeness (QED) is 0.832. The van der Waals surface area contributed by atoms with Crippen LogP contribution in [0.5, 0.6) is 0 Å². The molecule has 1 aromatic rings. The number of nitrogens with zero attached hydrogens (tertiary/aromatic N) is 2. The Kier molecular flexibility index (Phi) is 3.03. The highest BCUT2D eigenvalue weighted by Gasteiger charge is 2.48. The second kappa shape index (κ2) is 4.04. The predicted molar refractivity (Wildman–Crippen MR) is 68.6 cm³/mol. The molecule has 6 nitrogen and oxygen atoms in total. The summed E-state index contributed by atoms with van der Waals surface area (Å²) in [7, 11) is -3.47. The van der Waals surface area contributed by atoms with Crippen molar-refractivity contribution < 1.29 is 8.42 Å². The van der Waals surface area contributed by atoms with Crippen LogP contribution in [-0.2, 0) is 10.0 Å². The number of nitrogens with one attached hydrogen (secondary N) is 1. The van der Waals surface area contributed by atoms with Crippen LogP contribution < -0.4 is 5.73 Å². The average molecular weight is 272 g/mol. The first-order valence-corrected chi connectivity index (χ1v) is 7.43. The van der Waals surface area contributed by atoms with E-state index >= 15 is 0 Å². The molecule has 1 aromatic heterocycles. The Hall–Kier alpha value is -0.920. The third-order valence-electron chi connectivity index (χ3n) is 3.75. The highest BCUT2D eigenvalue weighted by atomic mass is 32.2. The molecule has 0 aliphatic carbocycles. The molecule has 0 radical (unpaired) electrons. The van der Waals surface area contributed by atoms with Crippen molar-refractivity contribution in [3.8, 4) is 0 Å². The van der Waals surface area contributed by atoms with Gasteiger partial charge in [-0.2, -0.15) is 9.40 Å². The Bertz CT molecular complexity index is 536. The zero-order chi connectivity index (χ0) is 13.7. The van der Waals surface area contributed by atoms with Crippen molar-refractivity contribution in [3.63, 3.8) is 0 Å². The van der Waals surface area contributed by atoms with Crippen molar-refractivity contribution in [1.82, 2.24) is 14.5 Å². The van der Waals surface area contributed by atoms with Gasteiger partial charge in [0.1, 0.15) is 4.90 Å². The summed E-state index contributed by atoms with van der Waals surface area (Å²) in [6.45, 7) is 8.17. The molecular formula is C11H20N4O2S. The SMILES string of the molecule is Cc1n[nH]c(C)c1S(=O)(=O)N1CC(N)(C(C)C)C1. The van der Waals surface area contributed by atoms with Crippen LogP contribution in [-0.4, -0.2) is 41.5 Å². The van der Waals surface area contributed by atoms with Gasteiger partial charge in [-0.3, -0.25) is 5.10 Å². The molecule has 1 aliphatic rings. The summed E-state index contributed by atoms with van der Waals surface area (Å²) in [5, 5.41) is 6.64. The van der Waals surface area contributed by atoms with Crippen LogP contribution in [0.15, 0.2) is 4.90 Å². The van der Waals surface area contributed by atoms with Crippen LogP contribution in [0.2, 0.25) is 0 Å². The van der Waals surface area contributed by atoms with E-state index in [0.29, 0.717) is 24.5 Å². The second-order valence-electron chi connectivity index (χ2n) is 5.42. The smallest absolute Gasteiger partial charge is 0.246 e. The van der Waals surface area contributed by atoms with Gasteiger partial charge in [0.25, 0.3) is 0 Å². The minimum Gasteiger partial charge on any atom is -0.323 e. The minimum atomic E-state index is -3.47. The molecule has 0 saturated carbocycles. The van der Waals surface area contributed by atoms with E-state index in [1.807, 2.05) is 13.8 Å². The van der Waals surface area contributed by atoms with Crippen molar-refractivity contribution in [2.24, 2.45) is 11.7 Å². The molecule has 0 aromatic carbocycles. The van der Waals surface area contributed by atoms with Gasteiger partial charge in [-0.1, -0.05) is 13.8 Å². The summed E-state index contributed by atoms with van der Waals surface area (Å²) >= 11 is 0. The zero-order valence-electron chi connectivity index (χ0n) is 11.2. The van der Waals surface area contributed by atoms with Gasteiger partial charge >= 0.3 is 0 Å². The fourth-order valence-corrected chi connectivity index (χ4v) is 4.13. The summed E-state index contributed by atoms with van der Waals surface area (Å²) in [6.07, 6.45) is 0. The largest absolute Gasteiger partial charge is 0.323 e. The highest BCUT2D eigenvalue weighted by Crippen LogP contribution is 2.32. The van der Waals surface area contributed by atoms with Gasteiger partial charge in [0.05, 0.1) is 11.4 Å². The van der Waals surface area contributed by atoms with E-state index in [9.17, 15) is 8.42 Å². The number of nitrogens with two attached hydrogens (primary N) is 1. The van der Waals surface area contributed by atoms with Crippen molar-refractivity contribution in [3.05, 3.63) is 11.4 Å². The molecule has 102 valence electrons. The Labute approximate surface area is 108 Å². The van der Waals surface area contributed by atoms with Gasteiger partial charge < -0.3 is 5.73 Å². The molecule has 1 saturated heterocycles. The maximum atomic E-state index is 12.4. The average Bonchev–Trinajstić information content (AvgIpc) is 2.53. The first kappa shape index (κ1) is 13.5. The van der Waals surface area contributed by atoms with Gasteiger partial charge in [-0.25, -0.2) is 8.42 Å². The molecular weight excluding hydrogens is 252 g/mol. The van der Waals surface area contributed by atoms with Crippen LogP contribution in [0, 0.1) is 19.8 Å². The molecule has 18 heavy (non-hydrogen) atoms. The Morgan fingerprint density at radius 1 is 1.39 bits per heavy atom. The minimum absolute atomic E-state index is 0.260. The van der Waals surface area contributed by atoms with E-state index in [1.165, 1.54) is 4.31 Å². The van der Waals surface area contributed by atoms with Gasteiger partial charge in [-0.05, 0) is 19.8 Å². The molecule has 0 unspecified atom stereocenters. The highest BCUT2D eigenvalue weighted by molar-refractivity contribution is 7.89. The summed E-state index contributed by atoms with van der Waals surface area (Å²) in [5.41, 5.74) is 6.81. The van der Waals surface area contributed by atoms with Crippen molar-refractivity contribution in [1.29, 1.82) is 0 Å². The van der Waals surface area contributed by atoms with Crippen LogP contribution in [0.4, 0.5) is 0 Å². The van der Waals surface area contributed by atoms with Gasteiger partial charge in [0, 0.05) is 18.6 Å². The molecule has 1 aliphatic heterocycles. The van der Waals surface area contributed by atoms with E-state index in [2.05, 4.69) is 10.2 Å². The molecule has 0 amide bonds. The lowest BCUT2D eigenvalue weighted by atomic mass is 9.82. The molecule has 0 spiro atoms. The first-order chi connectivity index (χ1) is 8.18. The van der Waals surface area contributed by atoms with E-state index in [4.69, 9.17) is 5.73 Å². The lowest BCUT2D eigenvalue weighted by Crippen LogP contribution is -2.70. The Balaban J connectivity index is 2.26. The van der Waals surface area contributed by atoms with Gasteiger partial charge in [-0.15, -0.1) is 0 Å². The summed E-state index contributed by atoms with van der Waals surface area (Å²) in [4.78, 5) is 0.285. The number of aromatic amines is 1. The standard InChI is InChI=1S/C11H20N4O2S/c1-7(2)11(12)5-15(6-11)18(16,17)10-8(3)13-14-9(10)4/h7H,5-6,12H2,1-4H3,(H,13,14). The monoisotopic (exact) mass is 272 g/mol. The number of hydrogen-bond acceptors (Lipinski definition) is 4. The second-order valence-corrected chi connectivity index (χ2v) is 7.30. The van der Waals surface area contributed by atoms with E-state index in [-0.39, 0.29) is 10.8 Å². The lowest BCUT2D eigenvalue weighted by molar-refractivity contribution is 0.110. The fraction of sp³-hybridized carbons (Fsp3) is 0.727. The van der Waals surface area contributed by atoms with E-state index in [1.54, 1.807) is 13.8 Å². The molecule has 2 rings (SSSR count). The molecule has 7 heteroatoms. The number of H-pyrrole nitrogens is 1. The number of aromatic nitrogens is 2. The first-order valence-electron chi connectivity index (χ1n) is 5.99. The van der Waals surface area contributed by atoms with Crippen molar-refractivity contribution in [2.75, 3.05) is 13.1 Å². The van der Waals surface area contributed by atoms with E-state index < -0.39 is 15.6 Å². The Morgan fingerprint density at radius 2 is 1.94 bits per heavy atom. The van der Waals surface area contributed by atoms with Gasteiger partial charge in [0.2, 0.25) is 10.0 Å². The lowest BCUT2D eigenvalue weighted by Gasteiger charge is -2.49. The maximum absolute atomic E-state index is 12.4. The van der Waals surface area contributed by atoms with Crippen molar-refractivity contribution >= 4 is 10.0 Å². The Morgan fingerprint density at radius 3 is 2.33 bits per heavy atom. The van der Waals surface area contributed by atoms with Crippen LogP contribution in [0.25, 0.3) is 0 Å². The summed E-state index contributed by atoms with van der Waals surface area (Å²) < 4.78 is 26.3. The third kappa shape index (κ3) is 1.86. The topological polar surface area (TPSA) is 92.1 Å². The number of sulfonamides is 1. The summed E-state index contributed by atoms with van der Waals surface area (Å²) in [6, 6.07) is 0. The molecule has 1 fully saturated rings. The zero-order valence-corrected chi connectivity index (χ0v) is 12.0. The van der Waals surface area contributed by atoms with Crippen LogP contribution in [0.1, 0.15) is 25.2 Å². The number of rotatable bonds is 3. The predicted octanol–water partition coefficient (Wildman–Crippen LogP) is 0.384. The van der Waals surface area contributed by atoms with Crippen molar-refractivity contribution in [2.45, 2.75) is 38.1 Å². The fourth-order valence-electron chi connectivity index (χ4n) is 2.20. The maximum Gasteiger partial charge on any atom is 0.246 e. The molecule has 0 bridgehead atoms. The normalized spacial score (nSPS) is 20.1. The molecule has 2 heterocycles. The van der Waals surface area contributed by atoms with Crippen LogP contribution >= 0.6 is 0 Å². The molecule has 0 atom stereocenters. The molecule has 3 N–H and O–H groups in total. The third-order valence-corrected chi connectivity index (χ3v) is 5.81. The number of aryl methyl sites for hydroxylation is 2. The number of hydrogen-bond donors (Lipinski definition) is 2. The van der Waals surface area contributed by atoms with Crippen LogP contribution in [0.3, 0.4) is 0 Å². The van der Waals surface area contributed by atoms with Gasteiger partial charge in [0.15, 0.2) is 0 Å².